The number of rotatable bonds is 3. The van der Waals surface area contributed by atoms with Crippen LogP contribution < -0.4 is 5.32 Å². The van der Waals surface area contributed by atoms with Crippen molar-refractivity contribution in [1.29, 1.82) is 5.26 Å². The molecule has 6 nitrogen and oxygen atoms in total. The first-order chi connectivity index (χ1) is 11.2. The van der Waals surface area contributed by atoms with Crippen LogP contribution in [-0.4, -0.2) is 16.1 Å². The Labute approximate surface area is 130 Å². The molecular formula is C16H9FN4O2. The number of anilines is 1. The van der Waals surface area contributed by atoms with Crippen LogP contribution in [0.1, 0.15) is 16.2 Å². The van der Waals surface area contributed by atoms with Crippen molar-refractivity contribution in [2.45, 2.75) is 0 Å². The summed E-state index contributed by atoms with van der Waals surface area (Å²) in [6, 6.07) is 13.8. The molecule has 1 aromatic heterocycles. The Morgan fingerprint density at radius 2 is 1.78 bits per heavy atom. The maximum Gasteiger partial charge on any atom is 0.313 e. The predicted molar refractivity (Wildman–Crippen MR) is 78.8 cm³/mol. The van der Waals surface area contributed by atoms with E-state index in [9.17, 15) is 9.18 Å². The summed E-state index contributed by atoms with van der Waals surface area (Å²) >= 11 is 0. The van der Waals surface area contributed by atoms with Gasteiger partial charge in [-0.3, -0.25) is 4.79 Å². The number of carbonyl (C=O) groups excluding carboxylic acids is 1. The van der Waals surface area contributed by atoms with Crippen LogP contribution in [0, 0.1) is 17.1 Å². The lowest BCUT2D eigenvalue weighted by molar-refractivity contribution is 0.0991. The monoisotopic (exact) mass is 308 g/mol. The Hall–Kier alpha value is -3.53. The van der Waals surface area contributed by atoms with Crippen molar-refractivity contribution in [2.75, 3.05) is 5.32 Å². The van der Waals surface area contributed by atoms with Gasteiger partial charge in [0.2, 0.25) is 5.89 Å². The zero-order valence-electron chi connectivity index (χ0n) is 11.7. The highest BCUT2D eigenvalue weighted by molar-refractivity contribution is 6.00. The zero-order valence-corrected chi connectivity index (χ0v) is 11.7. The van der Waals surface area contributed by atoms with E-state index in [0.29, 0.717) is 16.8 Å². The summed E-state index contributed by atoms with van der Waals surface area (Å²) in [5, 5.41) is 18.7. The fourth-order valence-corrected chi connectivity index (χ4v) is 1.84. The molecule has 0 aliphatic rings. The lowest BCUT2D eigenvalue weighted by atomic mass is 10.2. The molecule has 0 aliphatic carbocycles. The molecular weight excluding hydrogens is 299 g/mol. The highest BCUT2D eigenvalue weighted by Crippen LogP contribution is 2.18. The molecule has 7 heteroatoms. The van der Waals surface area contributed by atoms with Gasteiger partial charge in [-0.15, -0.1) is 10.2 Å². The summed E-state index contributed by atoms with van der Waals surface area (Å²) < 4.78 is 18.2. The second-order valence-corrected chi connectivity index (χ2v) is 4.56. The van der Waals surface area contributed by atoms with Crippen molar-refractivity contribution in [1.82, 2.24) is 10.2 Å². The van der Waals surface area contributed by atoms with Crippen molar-refractivity contribution < 1.29 is 13.6 Å². The number of hydrogen-bond acceptors (Lipinski definition) is 5. The summed E-state index contributed by atoms with van der Waals surface area (Å²) in [4.78, 5) is 12.0. The Morgan fingerprint density at radius 3 is 2.43 bits per heavy atom. The molecule has 0 fully saturated rings. The van der Waals surface area contributed by atoms with Crippen molar-refractivity contribution in [3.05, 3.63) is 65.8 Å². The highest BCUT2D eigenvalue weighted by atomic mass is 19.1. The van der Waals surface area contributed by atoms with Gasteiger partial charge in [0.05, 0.1) is 11.6 Å². The van der Waals surface area contributed by atoms with Crippen molar-refractivity contribution in [2.24, 2.45) is 0 Å². The summed E-state index contributed by atoms with van der Waals surface area (Å²) in [7, 11) is 0. The second-order valence-electron chi connectivity index (χ2n) is 4.56. The van der Waals surface area contributed by atoms with Crippen LogP contribution in [-0.2, 0) is 0 Å². The molecule has 1 heterocycles. The average Bonchev–Trinajstić information content (AvgIpc) is 3.06. The molecule has 0 unspecified atom stereocenters. The SMILES string of the molecule is N#Cc1ccc(NC(=O)c2nnc(-c3ccc(F)cc3)o2)cc1. The number of benzene rings is 2. The lowest BCUT2D eigenvalue weighted by Crippen LogP contribution is -2.12. The average molecular weight is 308 g/mol. The summed E-state index contributed by atoms with van der Waals surface area (Å²) in [6.45, 7) is 0. The third-order valence-corrected chi connectivity index (χ3v) is 2.98. The van der Waals surface area contributed by atoms with E-state index in [-0.39, 0.29) is 17.6 Å². The Balaban J connectivity index is 1.75. The third-order valence-electron chi connectivity index (χ3n) is 2.98. The Kier molecular flexibility index (Phi) is 3.80. The first-order valence-corrected chi connectivity index (χ1v) is 6.56. The Bertz CT molecular complexity index is 880. The fourth-order valence-electron chi connectivity index (χ4n) is 1.84. The number of nitrogens with one attached hydrogen (secondary N) is 1. The number of nitrogens with zero attached hydrogens (tertiary/aromatic N) is 3. The third kappa shape index (κ3) is 3.22. The van der Waals surface area contributed by atoms with Crippen molar-refractivity contribution >= 4 is 11.6 Å². The molecule has 3 rings (SSSR count). The first kappa shape index (κ1) is 14.4. The van der Waals surface area contributed by atoms with Crippen LogP contribution in [0.5, 0.6) is 0 Å². The predicted octanol–water partition coefficient (Wildman–Crippen LogP) is 3.00. The molecule has 3 aromatic rings. The van der Waals surface area contributed by atoms with Crippen LogP contribution in [0.15, 0.2) is 52.9 Å². The maximum atomic E-state index is 12.9. The minimum absolute atomic E-state index is 0.120. The van der Waals surface area contributed by atoms with Gasteiger partial charge in [0.15, 0.2) is 0 Å². The zero-order chi connectivity index (χ0) is 16.2. The number of hydrogen-bond donors (Lipinski definition) is 1. The van der Waals surface area contributed by atoms with Gasteiger partial charge in [0.25, 0.3) is 0 Å². The normalized spacial score (nSPS) is 10.1. The van der Waals surface area contributed by atoms with Crippen LogP contribution in [0.25, 0.3) is 11.5 Å². The van der Waals surface area contributed by atoms with Crippen LogP contribution in [0.4, 0.5) is 10.1 Å². The summed E-state index contributed by atoms with van der Waals surface area (Å²) in [6.07, 6.45) is 0. The van der Waals surface area contributed by atoms with E-state index in [2.05, 4.69) is 15.5 Å². The van der Waals surface area contributed by atoms with E-state index in [0.717, 1.165) is 0 Å². The van der Waals surface area contributed by atoms with Crippen molar-refractivity contribution in [3.8, 4) is 17.5 Å². The van der Waals surface area contributed by atoms with Gasteiger partial charge in [-0.05, 0) is 48.5 Å². The molecule has 0 bridgehead atoms. The molecule has 0 aliphatic heterocycles. The molecule has 1 amide bonds. The summed E-state index contributed by atoms with van der Waals surface area (Å²) in [5.41, 5.74) is 1.49. The Morgan fingerprint density at radius 1 is 1.09 bits per heavy atom. The van der Waals surface area contributed by atoms with Gasteiger partial charge in [-0.1, -0.05) is 0 Å². The first-order valence-electron chi connectivity index (χ1n) is 6.56. The molecule has 1 N–H and O–H groups in total. The van der Waals surface area contributed by atoms with Gasteiger partial charge < -0.3 is 9.73 Å². The number of nitriles is 1. The van der Waals surface area contributed by atoms with E-state index in [1.54, 1.807) is 24.3 Å². The molecule has 112 valence electrons. The largest absolute Gasteiger partial charge is 0.412 e. The topological polar surface area (TPSA) is 91.8 Å². The fraction of sp³-hybridized carbons (Fsp3) is 0. The van der Waals surface area contributed by atoms with Crippen molar-refractivity contribution in [3.63, 3.8) is 0 Å². The van der Waals surface area contributed by atoms with E-state index < -0.39 is 5.91 Å². The molecule has 2 aromatic carbocycles. The van der Waals surface area contributed by atoms with Crippen LogP contribution >= 0.6 is 0 Å². The maximum absolute atomic E-state index is 12.9. The quantitative estimate of drug-likeness (QED) is 0.803. The minimum atomic E-state index is -0.574. The molecule has 23 heavy (non-hydrogen) atoms. The molecule has 0 atom stereocenters. The van der Waals surface area contributed by atoms with Gasteiger partial charge >= 0.3 is 11.8 Å². The van der Waals surface area contributed by atoms with Gasteiger partial charge in [-0.25, -0.2) is 4.39 Å². The van der Waals surface area contributed by atoms with Gasteiger partial charge in [0.1, 0.15) is 5.82 Å². The van der Waals surface area contributed by atoms with Crippen LogP contribution in [0.3, 0.4) is 0 Å². The van der Waals surface area contributed by atoms with Gasteiger partial charge in [0, 0.05) is 11.3 Å². The number of carbonyl (C=O) groups is 1. The molecule has 0 spiro atoms. The second kappa shape index (κ2) is 6.07. The molecule has 0 radical (unpaired) electrons. The number of aromatic nitrogens is 2. The summed E-state index contributed by atoms with van der Waals surface area (Å²) in [5.74, 6) is -1.05. The highest BCUT2D eigenvalue weighted by Gasteiger charge is 2.16. The molecule has 0 saturated heterocycles. The van der Waals surface area contributed by atoms with E-state index >= 15 is 0 Å². The smallest absolute Gasteiger partial charge is 0.313 e. The van der Waals surface area contributed by atoms with Crippen LogP contribution in [0.2, 0.25) is 0 Å². The van der Waals surface area contributed by atoms with Gasteiger partial charge in [-0.2, -0.15) is 5.26 Å². The standard InChI is InChI=1S/C16H9FN4O2/c17-12-5-3-11(4-6-12)15-20-21-16(23-15)14(22)19-13-7-1-10(9-18)2-8-13/h1-8H,(H,19,22). The van der Waals surface area contributed by atoms with E-state index in [4.69, 9.17) is 9.68 Å². The molecule has 0 saturated carbocycles. The van der Waals surface area contributed by atoms with E-state index in [1.165, 1.54) is 24.3 Å². The number of halogens is 1. The van der Waals surface area contributed by atoms with E-state index in [1.807, 2.05) is 6.07 Å². The number of amides is 1. The minimum Gasteiger partial charge on any atom is -0.412 e. The lowest BCUT2D eigenvalue weighted by Gasteiger charge is -2.01.